The van der Waals surface area contributed by atoms with Crippen LogP contribution in [-0.4, -0.2) is 11.9 Å². The fourth-order valence-corrected chi connectivity index (χ4v) is 2.81. The van der Waals surface area contributed by atoms with Crippen LogP contribution in [0.25, 0.3) is 0 Å². The summed E-state index contributed by atoms with van der Waals surface area (Å²) in [6, 6.07) is 3.97. The summed E-state index contributed by atoms with van der Waals surface area (Å²) < 4.78 is 38.3. The standard InChI is InChI=1S/C14H16ClF3N2O/c15-12-4-1-8(5-11(12)14(16,17)18)7-20-10-3-2-9(6-10)13(19)21/h1,4-5,9-10,20H,2-3,6-7H2,(H2,19,21)/t9-,10+/m0/s1. The highest BCUT2D eigenvalue weighted by Gasteiger charge is 2.33. The van der Waals surface area contributed by atoms with Crippen molar-refractivity contribution in [1.82, 2.24) is 5.32 Å². The quantitative estimate of drug-likeness (QED) is 0.895. The normalized spacial score (nSPS) is 22.5. The molecule has 0 radical (unpaired) electrons. The highest BCUT2D eigenvalue weighted by atomic mass is 35.5. The molecule has 0 unspecified atom stereocenters. The Morgan fingerprint density at radius 2 is 2.10 bits per heavy atom. The van der Waals surface area contributed by atoms with E-state index in [0.29, 0.717) is 18.5 Å². The van der Waals surface area contributed by atoms with Crippen LogP contribution in [0, 0.1) is 5.92 Å². The van der Waals surface area contributed by atoms with E-state index in [2.05, 4.69) is 5.32 Å². The van der Waals surface area contributed by atoms with Gasteiger partial charge in [0.15, 0.2) is 0 Å². The second kappa shape index (κ2) is 6.23. The first-order valence-corrected chi connectivity index (χ1v) is 7.03. The number of hydrogen-bond donors (Lipinski definition) is 2. The van der Waals surface area contributed by atoms with Gasteiger partial charge in [-0.05, 0) is 37.0 Å². The summed E-state index contributed by atoms with van der Waals surface area (Å²) in [6.45, 7) is 0.302. The number of carbonyl (C=O) groups excluding carboxylic acids is 1. The third kappa shape index (κ3) is 4.11. The van der Waals surface area contributed by atoms with Gasteiger partial charge in [0.1, 0.15) is 0 Å². The van der Waals surface area contributed by atoms with Crippen LogP contribution in [-0.2, 0) is 17.5 Å². The number of amides is 1. The number of benzene rings is 1. The van der Waals surface area contributed by atoms with E-state index >= 15 is 0 Å². The first-order valence-electron chi connectivity index (χ1n) is 6.65. The molecule has 0 aromatic heterocycles. The maximum atomic E-state index is 12.8. The third-order valence-corrected chi connectivity index (χ3v) is 4.10. The molecule has 116 valence electrons. The maximum absolute atomic E-state index is 12.8. The first kappa shape index (κ1) is 16.1. The Hall–Kier alpha value is -1.27. The van der Waals surface area contributed by atoms with Gasteiger partial charge in [0.2, 0.25) is 5.91 Å². The minimum Gasteiger partial charge on any atom is -0.369 e. The van der Waals surface area contributed by atoms with Gasteiger partial charge >= 0.3 is 6.18 Å². The number of rotatable bonds is 4. The van der Waals surface area contributed by atoms with E-state index in [1.165, 1.54) is 6.07 Å². The van der Waals surface area contributed by atoms with Gasteiger partial charge < -0.3 is 11.1 Å². The molecule has 2 atom stereocenters. The van der Waals surface area contributed by atoms with Crippen LogP contribution in [0.4, 0.5) is 13.2 Å². The van der Waals surface area contributed by atoms with Crippen molar-refractivity contribution in [3.05, 3.63) is 34.3 Å². The van der Waals surface area contributed by atoms with Gasteiger partial charge in [-0.25, -0.2) is 0 Å². The van der Waals surface area contributed by atoms with Gasteiger partial charge in [-0.1, -0.05) is 17.7 Å². The van der Waals surface area contributed by atoms with Crippen molar-refractivity contribution in [3.63, 3.8) is 0 Å². The van der Waals surface area contributed by atoms with Gasteiger partial charge in [0.25, 0.3) is 0 Å². The second-order valence-corrected chi connectivity index (χ2v) is 5.71. The minimum atomic E-state index is -4.46. The number of primary amides is 1. The molecule has 1 fully saturated rings. The van der Waals surface area contributed by atoms with Crippen molar-refractivity contribution in [2.75, 3.05) is 0 Å². The lowest BCUT2D eigenvalue weighted by atomic mass is 10.1. The summed E-state index contributed by atoms with van der Waals surface area (Å²) in [5.74, 6) is -0.455. The van der Waals surface area contributed by atoms with Crippen LogP contribution in [0.3, 0.4) is 0 Å². The summed E-state index contributed by atoms with van der Waals surface area (Å²) in [4.78, 5) is 11.1. The molecule has 0 aliphatic heterocycles. The molecular weight excluding hydrogens is 305 g/mol. The predicted octanol–water partition coefficient (Wildman–Crippen LogP) is 3.10. The Kier molecular flexibility index (Phi) is 4.78. The zero-order valence-corrected chi connectivity index (χ0v) is 12.0. The molecule has 1 amide bonds. The van der Waals surface area contributed by atoms with E-state index in [9.17, 15) is 18.0 Å². The lowest BCUT2D eigenvalue weighted by Gasteiger charge is -2.14. The first-order chi connectivity index (χ1) is 9.77. The van der Waals surface area contributed by atoms with Crippen LogP contribution in [0.15, 0.2) is 18.2 Å². The number of nitrogens with two attached hydrogens (primary N) is 1. The Labute approximate surface area is 125 Å². The summed E-state index contributed by atoms with van der Waals surface area (Å²) in [7, 11) is 0. The van der Waals surface area contributed by atoms with Crippen molar-refractivity contribution in [2.24, 2.45) is 11.7 Å². The SMILES string of the molecule is NC(=O)[C@H]1CC[C@@H](NCc2ccc(Cl)c(C(F)(F)F)c2)C1. The molecular formula is C14H16ClF3N2O. The molecule has 0 saturated heterocycles. The molecule has 7 heteroatoms. The van der Waals surface area contributed by atoms with Crippen LogP contribution < -0.4 is 11.1 Å². The molecule has 1 aliphatic carbocycles. The fraction of sp³-hybridized carbons (Fsp3) is 0.500. The minimum absolute atomic E-state index is 0.104. The molecule has 2 rings (SSSR count). The summed E-state index contributed by atoms with van der Waals surface area (Å²) >= 11 is 5.57. The van der Waals surface area contributed by atoms with Gasteiger partial charge in [-0.3, -0.25) is 4.79 Å². The molecule has 0 bridgehead atoms. The second-order valence-electron chi connectivity index (χ2n) is 5.30. The molecule has 1 aromatic rings. The van der Waals surface area contributed by atoms with Crippen molar-refractivity contribution in [2.45, 2.75) is 38.0 Å². The number of alkyl halides is 3. The van der Waals surface area contributed by atoms with Crippen LogP contribution in [0.2, 0.25) is 5.02 Å². The Bertz CT molecular complexity index is 533. The van der Waals surface area contributed by atoms with Crippen LogP contribution in [0.1, 0.15) is 30.4 Å². The monoisotopic (exact) mass is 320 g/mol. The third-order valence-electron chi connectivity index (χ3n) is 3.77. The fourth-order valence-electron chi connectivity index (χ4n) is 2.59. The summed E-state index contributed by atoms with van der Waals surface area (Å²) in [6.07, 6.45) is -2.30. The lowest BCUT2D eigenvalue weighted by Crippen LogP contribution is -2.28. The zero-order valence-electron chi connectivity index (χ0n) is 11.2. The van der Waals surface area contributed by atoms with Gasteiger partial charge in [-0.15, -0.1) is 0 Å². The van der Waals surface area contributed by atoms with E-state index in [1.54, 1.807) is 6.07 Å². The van der Waals surface area contributed by atoms with Crippen molar-refractivity contribution < 1.29 is 18.0 Å². The lowest BCUT2D eigenvalue weighted by molar-refractivity contribution is -0.137. The average molecular weight is 321 g/mol. The molecule has 3 N–H and O–H groups in total. The van der Waals surface area contributed by atoms with Crippen LogP contribution in [0.5, 0.6) is 0 Å². The summed E-state index contributed by atoms with van der Waals surface area (Å²) in [5.41, 5.74) is 4.93. The number of carbonyl (C=O) groups is 1. The van der Waals surface area contributed by atoms with E-state index in [4.69, 9.17) is 17.3 Å². The number of hydrogen-bond acceptors (Lipinski definition) is 2. The van der Waals surface area contributed by atoms with Gasteiger partial charge in [0, 0.05) is 18.5 Å². The largest absolute Gasteiger partial charge is 0.417 e. The Morgan fingerprint density at radius 1 is 1.38 bits per heavy atom. The van der Waals surface area contributed by atoms with E-state index in [1.807, 2.05) is 0 Å². The maximum Gasteiger partial charge on any atom is 0.417 e. The molecule has 1 aromatic carbocycles. The topological polar surface area (TPSA) is 55.1 Å². The van der Waals surface area contributed by atoms with Gasteiger partial charge in [-0.2, -0.15) is 13.2 Å². The van der Waals surface area contributed by atoms with E-state index < -0.39 is 11.7 Å². The number of halogens is 4. The predicted molar refractivity (Wildman–Crippen MR) is 73.6 cm³/mol. The molecule has 3 nitrogen and oxygen atoms in total. The smallest absolute Gasteiger partial charge is 0.369 e. The Balaban J connectivity index is 1.97. The van der Waals surface area contributed by atoms with Crippen LogP contribution >= 0.6 is 11.6 Å². The summed E-state index contributed by atoms with van der Waals surface area (Å²) in [5, 5.41) is 2.86. The molecule has 1 aliphatic rings. The van der Waals surface area contributed by atoms with Gasteiger partial charge in [0.05, 0.1) is 10.6 Å². The van der Waals surface area contributed by atoms with Crippen molar-refractivity contribution >= 4 is 17.5 Å². The van der Waals surface area contributed by atoms with Crippen molar-refractivity contribution in [1.29, 1.82) is 0 Å². The highest BCUT2D eigenvalue weighted by Crippen LogP contribution is 2.35. The Morgan fingerprint density at radius 3 is 2.67 bits per heavy atom. The molecule has 21 heavy (non-hydrogen) atoms. The molecule has 0 spiro atoms. The molecule has 1 saturated carbocycles. The number of nitrogens with one attached hydrogen (secondary N) is 1. The van der Waals surface area contributed by atoms with E-state index in [-0.39, 0.29) is 22.9 Å². The van der Waals surface area contributed by atoms with E-state index in [0.717, 1.165) is 18.9 Å². The highest BCUT2D eigenvalue weighted by molar-refractivity contribution is 6.31. The van der Waals surface area contributed by atoms with Crippen molar-refractivity contribution in [3.8, 4) is 0 Å². The molecule has 0 heterocycles. The average Bonchev–Trinajstić information content (AvgIpc) is 2.85. The zero-order chi connectivity index (χ0) is 15.6.